The lowest BCUT2D eigenvalue weighted by Gasteiger charge is -2.18. The van der Waals surface area contributed by atoms with Gasteiger partial charge in [-0.3, -0.25) is 10.1 Å². The van der Waals surface area contributed by atoms with Gasteiger partial charge < -0.3 is 14.2 Å². The van der Waals surface area contributed by atoms with Crippen LogP contribution < -0.4 is 19.5 Å². The largest absolute Gasteiger partial charge is 0.496 e. The van der Waals surface area contributed by atoms with Gasteiger partial charge in [0.1, 0.15) is 19.0 Å². The highest BCUT2D eigenvalue weighted by Gasteiger charge is 2.16. The summed E-state index contributed by atoms with van der Waals surface area (Å²) in [6, 6.07) is 12.8. The summed E-state index contributed by atoms with van der Waals surface area (Å²) >= 11 is 1.36. The van der Waals surface area contributed by atoms with Crippen LogP contribution in [0, 0.1) is 0 Å². The predicted octanol–water partition coefficient (Wildman–Crippen LogP) is 3.84. The third kappa shape index (κ3) is 3.21. The number of fused-ring (bicyclic) bond motifs is 1. The molecule has 26 heavy (non-hydrogen) atoms. The van der Waals surface area contributed by atoms with Crippen LogP contribution in [0.5, 0.6) is 17.2 Å². The molecule has 0 saturated carbocycles. The fourth-order valence-corrected chi connectivity index (χ4v) is 3.38. The minimum atomic E-state index is -0.259. The molecule has 2 heterocycles. The van der Waals surface area contributed by atoms with Crippen LogP contribution in [-0.2, 0) is 0 Å². The summed E-state index contributed by atoms with van der Waals surface area (Å²) in [4.78, 5) is 17.0. The zero-order chi connectivity index (χ0) is 17.9. The Morgan fingerprint density at radius 1 is 1.15 bits per heavy atom. The fraction of sp³-hybridized carbons (Fsp3) is 0.158. The summed E-state index contributed by atoms with van der Waals surface area (Å²) in [6.07, 6.45) is 0. The van der Waals surface area contributed by atoms with Crippen LogP contribution in [0.25, 0.3) is 11.3 Å². The summed E-state index contributed by atoms with van der Waals surface area (Å²) in [5.74, 6) is 1.71. The van der Waals surface area contributed by atoms with Crippen LogP contribution in [0.3, 0.4) is 0 Å². The molecule has 1 amide bonds. The average molecular weight is 368 g/mol. The molecule has 0 spiro atoms. The highest BCUT2D eigenvalue weighted by atomic mass is 32.1. The van der Waals surface area contributed by atoms with E-state index in [4.69, 9.17) is 14.2 Å². The van der Waals surface area contributed by atoms with Gasteiger partial charge in [0, 0.05) is 10.9 Å². The number of para-hydroxylation sites is 1. The van der Waals surface area contributed by atoms with E-state index < -0.39 is 0 Å². The number of carbonyl (C=O) groups excluding carboxylic acids is 1. The van der Waals surface area contributed by atoms with Crippen LogP contribution in [0.1, 0.15) is 10.4 Å². The molecule has 7 heteroatoms. The molecule has 1 aromatic heterocycles. The second kappa shape index (κ2) is 7.05. The zero-order valence-electron chi connectivity index (χ0n) is 14.0. The molecule has 2 aromatic carbocycles. The van der Waals surface area contributed by atoms with Gasteiger partial charge in [-0.1, -0.05) is 12.1 Å². The number of hydrogen-bond donors (Lipinski definition) is 1. The van der Waals surface area contributed by atoms with Crippen molar-refractivity contribution >= 4 is 22.4 Å². The van der Waals surface area contributed by atoms with Gasteiger partial charge in [-0.25, -0.2) is 4.98 Å². The molecule has 0 aliphatic carbocycles. The van der Waals surface area contributed by atoms with E-state index >= 15 is 0 Å². The number of benzene rings is 2. The molecule has 0 atom stereocenters. The van der Waals surface area contributed by atoms with E-state index in [1.54, 1.807) is 18.2 Å². The van der Waals surface area contributed by atoms with Crippen molar-refractivity contribution in [2.75, 3.05) is 25.6 Å². The summed E-state index contributed by atoms with van der Waals surface area (Å²) in [5.41, 5.74) is 2.14. The van der Waals surface area contributed by atoms with Gasteiger partial charge in [-0.15, -0.1) is 11.3 Å². The Labute approximate surface area is 154 Å². The molecular formula is C19H16N2O4S. The van der Waals surface area contributed by atoms with Crippen molar-refractivity contribution in [2.24, 2.45) is 0 Å². The van der Waals surface area contributed by atoms with Crippen molar-refractivity contribution in [3.05, 3.63) is 53.4 Å². The maximum absolute atomic E-state index is 12.5. The molecule has 6 nitrogen and oxygen atoms in total. The van der Waals surface area contributed by atoms with Gasteiger partial charge >= 0.3 is 0 Å². The highest BCUT2D eigenvalue weighted by Crippen LogP contribution is 2.35. The second-order valence-corrected chi connectivity index (χ2v) is 6.41. The van der Waals surface area contributed by atoms with E-state index in [-0.39, 0.29) is 5.91 Å². The molecule has 3 aromatic rings. The SMILES string of the molecule is COc1ccccc1C(=O)Nc1nc(-c2ccc3c(c2)OCCO3)cs1. The first-order valence-electron chi connectivity index (χ1n) is 8.04. The topological polar surface area (TPSA) is 69.7 Å². The Balaban J connectivity index is 1.54. The number of ether oxygens (including phenoxy) is 3. The van der Waals surface area contributed by atoms with E-state index in [0.717, 1.165) is 17.0 Å². The summed E-state index contributed by atoms with van der Waals surface area (Å²) in [7, 11) is 1.54. The van der Waals surface area contributed by atoms with Crippen LogP contribution in [0.4, 0.5) is 5.13 Å². The molecule has 1 N–H and O–H groups in total. The van der Waals surface area contributed by atoms with Gasteiger partial charge in [0.05, 0.1) is 18.4 Å². The van der Waals surface area contributed by atoms with Crippen molar-refractivity contribution in [1.82, 2.24) is 4.98 Å². The third-order valence-electron chi connectivity index (χ3n) is 3.91. The molecule has 1 aliphatic rings. The van der Waals surface area contributed by atoms with E-state index in [2.05, 4.69) is 10.3 Å². The standard InChI is InChI=1S/C19H16N2O4S/c1-23-15-5-3-2-4-13(15)18(22)21-19-20-14(11-26-19)12-6-7-16-17(10-12)25-9-8-24-16/h2-7,10-11H,8-9H2,1H3,(H,20,21,22). The normalized spacial score (nSPS) is 12.5. The molecule has 132 valence electrons. The van der Waals surface area contributed by atoms with Crippen LogP contribution in [-0.4, -0.2) is 31.2 Å². The molecular weight excluding hydrogens is 352 g/mol. The molecule has 0 unspecified atom stereocenters. The number of nitrogens with one attached hydrogen (secondary N) is 1. The van der Waals surface area contributed by atoms with Gasteiger partial charge in [0.15, 0.2) is 16.6 Å². The smallest absolute Gasteiger partial charge is 0.261 e. The Bertz CT molecular complexity index is 954. The van der Waals surface area contributed by atoms with E-state index in [1.165, 1.54) is 18.4 Å². The van der Waals surface area contributed by atoms with Crippen molar-refractivity contribution in [1.29, 1.82) is 0 Å². The number of methoxy groups -OCH3 is 1. The van der Waals surface area contributed by atoms with Crippen LogP contribution >= 0.6 is 11.3 Å². The highest BCUT2D eigenvalue weighted by molar-refractivity contribution is 7.14. The number of nitrogens with zero attached hydrogens (tertiary/aromatic N) is 1. The number of rotatable bonds is 4. The summed E-state index contributed by atoms with van der Waals surface area (Å²) in [6.45, 7) is 1.09. The number of carbonyl (C=O) groups is 1. The minimum Gasteiger partial charge on any atom is -0.496 e. The van der Waals surface area contributed by atoms with Gasteiger partial charge in [-0.05, 0) is 30.3 Å². The molecule has 0 radical (unpaired) electrons. The zero-order valence-corrected chi connectivity index (χ0v) is 14.8. The Morgan fingerprint density at radius 3 is 2.81 bits per heavy atom. The number of amides is 1. The Morgan fingerprint density at radius 2 is 1.96 bits per heavy atom. The van der Waals surface area contributed by atoms with Crippen LogP contribution in [0.15, 0.2) is 47.8 Å². The molecule has 0 fully saturated rings. The Hall–Kier alpha value is -3.06. The molecule has 0 saturated heterocycles. The Kier molecular flexibility index (Phi) is 4.45. The third-order valence-corrected chi connectivity index (χ3v) is 4.67. The maximum atomic E-state index is 12.5. The fourth-order valence-electron chi connectivity index (χ4n) is 2.66. The van der Waals surface area contributed by atoms with Crippen molar-refractivity contribution in [3.8, 4) is 28.5 Å². The second-order valence-electron chi connectivity index (χ2n) is 5.55. The van der Waals surface area contributed by atoms with Gasteiger partial charge in [0.2, 0.25) is 0 Å². The number of aromatic nitrogens is 1. The first-order chi connectivity index (χ1) is 12.7. The minimum absolute atomic E-state index is 0.259. The van der Waals surface area contributed by atoms with Crippen molar-refractivity contribution in [2.45, 2.75) is 0 Å². The van der Waals surface area contributed by atoms with Crippen molar-refractivity contribution in [3.63, 3.8) is 0 Å². The molecule has 1 aliphatic heterocycles. The number of thiazole rings is 1. The first-order valence-corrected chi connectivity index (χ1v) is 8.92. The predicted molar refractivity (Wildman–Crippen MR) is 99.5 cm³/mol. The lowest BCUT2D eigenvalue weighted by Crippen LogP contribution is -2.15. The number of hydrogen-bond acceptors (Lipinski definition) is 6. The average Bonchev–Trinajstić information content (AvgIpc) is 3.16. The quantitative estimate of drug-likeness (QED) is 0.758. The van der Waals surface area contributed by atoms with Gasteiger partial charge in [0.25, 0.3) is 5.91 Å². The lowest BCUT2D eigenvalue weighted by molar-refractivity contribution is 0.102. The van der Waals surface area contributed by atoms with E-state index in [1.807, 2.05) is 29.6 Å². The monoisotopic (exact) mass is 368 g/mol. The first kappa shape index (κ1) is 16.4. The van der Waals surface area contributed by atoms with Crippen LogP contribution in [0.2, 0.25) is 0 Å². The maximum Gasteiger partial charge on any atom is 0.261 e. The molecule has 4 rings (SSSR count). The summed E-state index contributed by atoms with van der Waals surface area (Å²) < 4.78 is 16.4. The van der Waals surface area contributed by atoms with Gasteiger partial charge in [-0.2, -0.15) is 0 Å². The van der Waals surface area contributed by atoms with Crippen molar-refractivity contribution < 1.29 is 19.0 Å². The molecule has 0 bridgehead atoms. The van der Waals surface area contributed by atoms with E-state index in [0.29, 0.717) is 35.4 Å². The number of anilines is 1. The van der Waals surface area contributed by atoms with E-state index in [9.17, 15) is 4.79 Å². The lowest BCUT2D eigenvalue weighted by atomic mass is 10.1. The summed E-state index contributed by atoms with van der Waals surface area (Å²) in [5, 5.41) is 5.23.